The summed E-state index contributed by atoms with van der Waals surface area (Å²) in [7, 11) is 0. The summed E-state index contributed by atoms with van der Waals surface area (Å²) >= 11 is 3.71. The molecule has 0 saturated carbocycles. The van der Waals surface area contributed by atoms with Crippen LogP contribution in [0.1, 0.15) is 0 Å². The van der Waals surface area contributed by atoms with Gasteiger partial charge in [0.15, 0.2) is 5.82 Å². The maximum Gasteiger partial charge on any atom is 0.160 e. The van der Waals surface area contributed by atoms with E-state index in [9.17, 15) is 0 Å². The Morgan fingerprint density at radius 1 is 0.297 bits per heavy atom. The topological polar surface area (TPSA) is 38.7 Å². The summed E-state index contributed by atoms with van der Waals surface area (Å²) in [5, 5.41) is 8.63. The Kier molecular flexibility index (Phi) is 8.58. The number of nitrogens with zero attached hydrogens (tertiary/aromatic N) is 3. The first-order valence-corrected chi connectivity index (χ1v) is 23.1. The van der Waals surface area contributed by atoms with E-state index in [2.05, 4.69) is 194 Å². The number of para-hydroxylation sites is 1. The maximum absolute atomic E-state index is 5.51. The van der Waals surface area contributed by atoms with Crippen molar-refractivity contribution < 1.29 is 0 Å². The van der Waals surface area contributed by atoms with Crippen molar-refractivity contribution in [3.8, 4) is 67.4 Å². The second-order valence-electron chi connectivity index (χ2n) is 16.3. The third-order valence-electron chi connectivity index (χ3n) is 12.5. The predicted octanol–water partition coefficient (Wildman–Crippen LogP) is 16.9. The van der Waals surface area contributed by atoms with E-state index in [0.717, 1.165) is 61.2 Å². The van der Waals surface area contributed by atoms with Crippen molar-refractivity contribution in [2.45, 2.75) is 0 Å². The average Bonchev–Trinajstić information content (AvgIpc) is 3.95. The molecule has 0 aliphatic rings. The molecule has 3 nitrogen and oxygen atoms in total. The first-order chi connectivity index (χ1) is 31.7. The molecule has 64 heavy (non-hydrogen) atoms. The highest BCUT2D eigenvalue weighted by molar-refractivity contribution is 7.26. The van der Waals surface area contributed by atoms with Gasteiger partial charge in [0.05, 0.1) is 22.6 Å². The number of thiophene rings is 2. The van der Waals surface area contributed by atoms with Crippen molar-refractivity contribution in [1.29, 1.82) is 0 Å². The van der Waals surface area contributed by atoms with E-state index >= 15 is 0 Å². The Morgan fingerprint density at radius 2 is 0.875 bits per heavy atom. The fourth-order valence-electron chi connectivity index (χ4n) is 9.41. The molecule has 13 aromatic rings. The first kappa shape index (κ1) is 36.8. The highest BCUT2D eigenvalue weighted by Gasteiger charge is 2.21. The van der Waals surface area contributed by atoms with Gasteiger partial charge in [0.2, 0.25) is 0 Å². The van der Waals surface area contributed by atoms with E-state index in [4.69, 9.17) is 15.0 Å². The van der Waals surface area contributed by atoms with E-state index in [0.29, 0.717) is 5.82 Å². The number of hydrogen-bond donors (Lipinski definition) is 0. The Hall–Kier alpha value is -7.83. The lowest BCUT2D eigenvalue weighted by Gasteiger charge is -2.15. The lowest BCUT2D eigenvalue weighted by Crippen LogP contribution is -1.96. The van der Waals surface area contributed by atoms with Crippen molar-refractivity contribution in [2.75, 3.05) is 0 Å². The van der Waals surface area contributed by atoms with Crippen LogP contribution in [0.4, 0.5) is 0 Å². The highest BCUT2D eigenvalue weighted by atomic mass is 32.1. The molecule has 0 bridgehead atoms. The quantitative estimate of drug-likeness (QED) is 0.156. The molecule has 0 spiro atoms. The molecule has 0 N–H and O–H groups in total. The molecular formula is C59H35N3S2. The maximum atomic E-state index is 5.51. The normalized spacial score (nSPS) is 11.8. The Labute approximate surface area is 377 Å². The van der Waals surface area contributed by atoms with Gasteiger partial charge in [0.25, 0.3) is 0 Å². The zero-order chi connectivity index (χ0) is 42.1. The van der Waals surface area contributed by atoms with Crippen LogP contribution in [-0.2, 0) is 0 Å². The molecule has 0 fully saturated rings. The summed E-state index contributed by atoms with van der Waals surface area (Å²) in [6, 6.07) is 76.0. The lowest BCUT2D eigenvalue weighted by atomic mass is 9.91. The van der Waals surface area contributed by atoms with E-state index in [1.165, 1.54) is 62.4 Å². The fraction of sp³-hybridized carbons (Fsp3) is 0. The van der Waals surface area contributed by atoms with Gasteiger partial charge in [-0.25, -0.2) is 15.0 Å². The van der Waals surface area contributed by atoms with Gasteiger partial charge < -0.3 is 0 Å². The van der Waals surface area contributed by atoms with Gasteiger partial charge in [-0.15, -0.1) is 22.7 Å². The second kappa shape index (κ2) is 14.9. The smallest absolute Gasteiger partial charge is 0.160 e. The van der Waals surface area contributed by atoms with Gasteiger partial charge in [-0.05, 0) is 65.2 Å². The SMILES string of the molecule is c1ccc(-c2ccc(-c3cc(-c4cccc(-c5cc6c(-c7ccc8sc9ccccc9c8c7)nc7ccccc7c6c6c5sc5ccccc56)c4)nc(-c4ccccc4)n3)cc2)cc1. The largest absolute Gasteiger partial charge is 0.247 e. The van der Waals surface area contributed by atoms with Crippen molar-refractivity contribution in [3.05, 3.63) is 212 Å². The van der Waals surface area contributed by atoms with Crippen molar-refractivity contribution in [3.63, 3.8) is 0 Å². The molecule has 4 heterocycles. The van der Waals surface area contributed by atoms with Gasteiger partial charge in [-0.2, -0.15) is 0 Å². The molecule has 13 rings (SSSR count). The number of rotatable bonds is 6. The van der Waals surface area contributed by atoms with Crippen LogP contribution < -0.4 is 0 Å². The van der Waals surface area contributed by atoms with E-state index < -0.39 is 0 Å². The number of benzene rings is 9. The van der Waals surface area contributed by atoms with E-state index in [-0.39, 0.29) is 0 Å². The molecule has 5 heteroatoms. The standard InChI is InChI=1S/C59H35N3S2/c1-3-14-36(15-4-1)37-26-28-38(29-27-37)50-35-51(62-59(61-50)39-16-5-2-6-17-39)41-19-13-18-40(32-41)46-34-48-55(56-45-22-9-12-25-53(45)64-58(46)56)44-21-7-10-23-49(44)60-57(48)42-30-31-54-47(33-42)43-20-8-11-24-52(43)63-54/h1-35H. The summed E-state index contributed by atoms with van der Waals surface area (Å²) < 4.78 is 5.11. The third-order valence-corrected chi connectivity index (χ3v) is 14.8. The molecule has 9 aromatic carbocycles. The number of aromatic nitrogens is 3. The van der Waals surface area contributed by atoms with Crippen LogP contribution in [0, 0.1) is 0 Å². The monoisotopic (exact) mass is 849 g/mol. The fourth-order valence-corrected chi connectivity index (χ4v) is 11.7. The molecule has 4 aromatic heterocycles. The average molecular weight is 850 g/mol. The van der Waals surface area contributed by atoms with Crippen LogP contribution in [0.2, 0.25) is 0 Å². The minimum Gasteiger partial charge on any atom is -0.247 e. The number of hydrogen-bond acceptors (Lipinski definition) is 5. The van der Waals surface area contributed by atoms with Gasteiger partial charge in [0.1, 0.15) is 0 Å². The molecule has 0 unspecified atom stereocenters. The van der Waals surface area contributed by atoms with Gasteiger partial charge >= 0.3 is 0 Å². The van der Waals surface area contributed by atoms with Crippen LogP contribution >= 0.6 is 22.7 Å². The minimum absolute atomic E-state index is 0.696. The zero-order valence-electron chi connectivity index (χ0n) is 34.4. The van der Waals surface area contributed by atoms with Crippen molar-refractivity contribution in [1.82, 2.24) is 15.0 Å². The van der Waals surface area contributed by atoms with Gasteiger partial charge in [-0.3, -0.25) is 0 Å². The summed E-state index contributed by atoms with van der Waals surface area (Å²) in [5.74, 6) is 0.696. The molecule has 0 atom stereocenters. The third kappa shape index (κ3) is 6.12. The second-order valence-corrected chi connectivity index (χ2v) is 18.4. The van der Waals surface area contributed by atoms with E-state index in [1.807, 2.05) is 40.9 Å². The Balaban J connectivity index is 1.03. The van der Waals surface area contributed by atoms with Crippen molar-refractivity contribution >= 4 is 84.7 Å². The minimum atomic E-state index is 0.696. The summed E-state index contributed by atoms with van der Waals surface area (Å²) in [5.41, 5.74) is 12.6. The zero-order valence-corrected chi connectivity index (χ0v) is 36.0. The van der Waals surface area contributed by atoms with Crippen LogP contribution in [0.3, 0.4) is 0 Å². The van der Waals surface area contributed by atoms with Crippen molar-refractivity contribution in [2.24, 2.45) is 0 Å². The van der Waals surface area contributed by atoms with Gasteiger partial charge in [-0.1, -0.05) is 164 Å². The van der Waals surface area contributed by atoms with E-state index in [1.54, 1.807) is 0 Å². The molecule has 0 aliphatic heterocycles. The Morgan fingerprint density at radius 3 is 1.67 bits per heavy atom. The van der Waals surface area contributed by atoms with Gasteiger partial charge in [0, 0.05) is 84.3 Å². The number of pyridine rings is 1. The van der Waals surface area contributed by atoms with Crippen LogP contribution in [-0.4, -0.2) is 15.0 Å². The number of fused-ring (bicyclic) bond motifs is 10. The first-order valence-electron chi connectivity index (χ1n) is 21.5. The van der Waals surface area contributed by atoms with Crippen LogP contribution in [0.25, 0.3) is 129 Å². The molecule has 0 amide bonds. The molecular weight excluding hydrogens is 815 g/mol. The molecule has 0 radical (unpaired) electrons. The summed E-state index contributed by atoms with van der Waals surface area (Å²) in [6.45, 7) is 0. The predicted molar refractivity (Wildman–Crippen MR) is 273 cm³/mol. The van der Waals surface area contributed by atoms with Crippen LogP contribution in [0.15, 0.2) is 212 Å². The summed E-state index contributed by atoms with van der Waals surface area (Å²) in [6.07, 6.45) is 0. The Bertz CT molecular complexity index is 3950. The summed E-state index contributed by atoms with van der Waals surface area (Å²) in [4.78, 5) is 15.9. The molecule has 0 aliphatic carbocycles. The molecule has 298 valence electrons. The highest BCUT2D eigenvalue weighted by Crippen LogP contribution is 2.49. The van der Waals surface area contributed by atoms with Crippen LogP contribution in [0.5, 0.6) is 0 Å². The lowest BCUT2D eigenvalue weighted by molar-refractivity contribution is 1.18. The molecule has 0 saturated heterocycles.